The van der Waals surface area contributed by atoms with Crippen LogP contribution < -0.4 is 5.32 Å². The standard InChI is InChI=1S/C12H17N5/c1-9-11(6-10-2-4-13-5-3-10)7-17-12(16-9)14-8-15-17/h7-8,10,13H,2-6H2,1H3. The van der Waals surface area contributed by atoms with Crippen molar-refractivity contribution in [2.75, 3.05) is 13.1 Å². The molecular weight excluding hydrogens is 214 g/mol. The van der Waals surface area contributed by atoms with Gasteiger partial charge in [0, 0.05) is 11.9 Å². The van der Waals surface area contributed by atoms with Crippen molar-refractivity contribution in [3.8, 4) is 0 Å². The Bertz CT molecular complexity index is 513. The third-order valence-electron chi connectivity index (χ3n) is 3.53. The average Bonchev–Trinajstić information content (AvgIpc) is 2.78. The van der Waals surface area contributed by atoms with Crippen LogP contribution in [-0.4, -0.2) is 32.7 Å². The predicted molar refractivity (Wildman–Crippen MR) is 64.8 cm³/mol. The largest absolute Gasteiger partial charge is 0.317 e. The first-order chi connectivity index (χ1) is 8.33. The molecule has 2 aromatic rings. The summed E-state index contributed by atoms with van der Waals surface area (Å²) in [7, 11) is 0. The molecule has 1 aliphatic heterocycles. The lowest BCUT2D eigenvalue weighted by Crippen LogP contribution is -2.28. The number of piperidine rings is 1. The maximum absolute atomic E-state index is 4.47. The van der Waals surface area contributed by atoms with Gasteiger partial charge >= 0.3 is 0 Å². The summed E-state index contributed by atoms with van der Waals surface area (Å²) >= 11 is 0. The zero-order valence-corrected chi connectivity index (χ0v) is 10.1. The fourth-order valence-corrected chi connectivity index (χ4v) is 2.48. The molecule has 3 heterocycles. The summed E-state index contributed by atoms with van der Waals surface area (Å²) in [4.78, 5) is 8.57. The molecule has 0 spiro atoms. The topological polar surface area (TPSA) is 55.1 Å². The highest BCUT2D eigenvalue weighted by Gasteiger charge is 2.15. The molecule has 1 fully saturated rings. The van der Waals surface area contributed by atoms with Crippen molar-refractivity contribution in [2.45, 2.75) is 26.2 Å². The lowest BCUT2D eigenvalue weighted by Gasteiger charge is -2.22. The molecule has 3 rings (SSSR count). The number of hydrogen-bond donors (Lipinski definition) is 1. The molecule has 0 saturated carbocycles. The van der Waals surface area contributed by atoms with Gasteiger partial charge in [-0.1, -0.05) is 0 Å². The van der Waals surface area contributed by atoms with E-state index < -0.39 is 0 Å². The molecule has 1 aliphatic rings. The van der Waals surface area contributed by atoms with Gasteiger partial charge in [0.05, 0.1) is 0 Å². The molecule has 1 saturated heterocycles. The molecule has 0 radical (unpaired) electrons. The van der Waals surface area contributed by atoms with Crippen molar-refractivity contribution in [1.29, 1.82) is 0 Å². The second-order valence-corrected chi connectivity index (χ2v) is 4.75. The summed E-state index contributed by atoms with van der Waals surface area (Å²) < 4.78 is 1.77. The van der Waals surface area contributed by atoms with E-state index in [0.717, 1.165) is 31.1 Å². The number of nitrogens with zero attached hydrogens (tertiary/aromatic N) is 4. The minimum absolute atomic E-state index is 0.691. The lowest BCUT2D eigenvalue weighted by molar-refractivity contribution is 0.371. The Hall–Kier alpha value is -1.49. The quantitative estimate of drug-likeness (QED) is 0.837. The first-order valence-corrected chi connectivity index (χ1v) is 6.19. The molecule has 0 aromatic carbocycles. The van der Waals surface area contributed by atoms with Gasteiger partial charge in [-0.2, -0.15) is 10.1 Å². The van der Waals surface area contributed by atoms with Gasteiger partial charge in [-0.05, 0) is 50.8 Å². The second-order valence-electron chi connectivity index (χ2n) is 4.75. The minimum atomic E-state index is 0.691. The van der Waals surface area contributed by atoms with Crippen LogP contribution in [0.5, 0.6) is 0 Å². The van der Waals surface area contributed by atoms with Crippen molar-refractivity contribution in [1.82, 2.24) is 24.9 Å². The van der Waals surface area contributed by atoms with Crippen molar-refractivity contribution in [2.24, 2.45) is 5.92 Å². The van der Waals surface area contributed by atoms with Gasteiger partial charge in [0.15, 0.2) is 0 Å². The maximum atomic E-state index is 4.47. The average molecular weight is 231 g/mol. The van der Waals surface area contributed by atoms with Crippen LogP contribution in [0.25, 0.3) is 5.78 Å². The van der Waals surface area contributed by atoms with E-state index in [1.165, 1.54) is 18.4 Å². The Morgan fingerprint density at radius 3 is 3.06 bits per heavy atom. The van der Waals surface area contributed by atoms with E-state index in [2.05, 4.69) is 33.5 Å². The van der Waals surface area contributed by atoms with E-state index in [-0.39, 0.29) is 0 Å². The number of aromatic nitrogens is 4. The van der Waals surface area contributed by atoms with Crippen LogP contribution in [-0.2, 0) is 6.42 Å². The van der Waals surface area contributed by atoms with Gasteiger partial charge in [0.2, 0.25) is 0 Å². The van der Waals surface area contributed by atoms with Gasteiger partial charge in [-0.25, -0.2) is 9.50 Å². The van der Waals surface area contributed by atoms with Crippen LogP contribution in [0.1, 0.15) is 24.1 Å². The Morgan fingerprint density at radius 1 is 1.41 bits per heavy atom. The van der Waals surface area contributed by atoms with E-state index in [1.54, 1.807) is 10.8 Å². The van der Waals surface area contributed by atoms with Gasteiger partial charge in [0.1, 0.15) is 6.33 Å². The molecular formula is C12H17N5. The second kappa shape index (κ2) is 4.41. The molecule has 0 aliphatic carbocycles. The number of nitrogens with one attached hydrogen (secondary N) is 1. The van der Waals surface area contributed by atoms with Crippen LogP contribution in [0.2, 0.25) is 0 Å². The molecule has 5 heteroatoms. The van der Waals surface area contributed by atoms with E-state index >= 15 is 0 Å². The van der Waals surface area contributed by atoms with E-state index in [0.29, 0.717) is 5.78 Å². The number of fused-ring (bicyclic) bond motifs is 1. The van der Waals surface area contributed by atoms with Crippen LogP contribution in [0.3, 0.4) is 0 Å². The van der Waals surface area contributed by atoms with Crippen LogP contribution in [0.15, 0.2) is 12.5 Å². The molecule has 2 aromatic heterocycles. The van der Waals surface area contributed by atoms with Gasteiger partial charge in [-0.3, -0.25) is 0 Å². The zero-order valence-electron chi connectivity index (χ0n) is 10.1. The molecule has 0 amide bonds. The molecule has 0 atom stereocenters. The summed E-state index contributed by atoms with van der Waals surface area (Å²) in [5.41, 5.74) is 2.39. The summed E-state index contributed by atoms with van der Waals surface area (Å²) in [5.74, 6) is 1.47. The molecule has 0 bridgehead atoms. The van der Waals surface area contributed by atoms with Crippen LogP contribution in [0, 0.1) is 12.8 Å². The van der Waals surface area contributed by atoms with Gasteiger partial charge in [0.25, 0.3) is 5.78 Å². The van der Waals surface area contributed by atoms with Crippen LogP contribution in [0.4, 0.5) is 0 Å². The van der Waals surface area contributed by atoms with Crippen molar-refractivity contribution < 1.29 is 0 Å². The normalized spacial score (nSPS) is 17.7. The SMILES string of the molecule is Cc1nc2ncnn2cc1CC1CCNCC1. The summed E-state index contributed by atoms with van der Waals surface area (Å²) in [5, 5.41) is 7.54. The summed E-state index contributed by atoms with van der Waals surface area (Å²) in [6.07, 6.45) is 7.25. The molecule has 0 unspecified atom stereocenters. The Balaban J connectivity index is 1.85. The van der Waals surface area contributed by atoms with Crippen molar-refractivity contribution in [3.05, 3.63) is 23.8 Å². The first-order valence-electron chi connectivity index (χ1n) is 6.19. The van der Waals surface area contributed by atoms with E-state index in [9.17, 15) is 0 Å². The molecule has 1 N–H and O–H groups in total. The summed E-state index contributed by atoms with van der Waals surface area (Å²) in [6, 6.07) is 0. The maximum Gasteiger partial charge on any atom is 0.252 e. The lowest BCUT2D eigenvalue weighted by atomic mass is 9.91. The van der Waals surface area contributed by atoms with Crippen LogP contribution >= 0.6 is 0 Å². The molecule has 5 nitrogen and oxygen atoms in total. The highest BCUT2D eigenvalue weighted by atomic mass is 15.3. The third kappa shape index (κ3) is 2.15. The monoisotopic (exact) mass is 231 g/mol. The fraction of sp³-hybridized carbons (Fsp3) is 0.583. The highest BCUT2D eigenvalue weighted by Crippen LogP contribution is 2.19. The fourth-order valence-electron chi connectivity index (χ4n) is 2.48. The number of rotatable bonds is 2. The van der Waals surface area contributed by atoms with Crippen molar-refractivity contribution in [3.63, 3.8) is 0 Å². The Labute approximate surface area is 100 Å². The summed E-state index contributed by atoms with van der Waals surface area (Å²) in [6.45, 7) is 4.34. The smallest absolute Gasteiger partial charge is 0.252 e. The predicted octanol–water partition coefficient (Wildman–Crippen LogP) is 0.975. The Morgan fingerprint density at radius 2 is 2.24 bits per heavy atom. The highest BCUT2D eigenvalue weighted by molar-refractivity contribution is 5.30. The number of aryl methyl sites for hydroxylation is 1. The molecule has 17 heavy (non-hydrogen) atoms. The van der Waals surface area contributed by atoms with Crippen molar-refractivity contribution >= 4 is 5.78 Å². The minimum Gasteiger partial charge on any atom is -0.317 e. The first kappa shape index (κ1) is 10.7. The third-order valence-corrected chi connectivity index (χ3v) is 3.53. The van der Waals surface area contributed by atoms with Gasteiger partial charge < -0.3 is 5.32 Å². The van der Waals surface area contributed by atoms with Gasteiger partial charge in [-0.15, -0.1) is 0 Å². The van der Waals surface area contributed by atoms with E-state index in [1.807, 2.05) is 0 Å². The molecule has 90 valence electrons. The zero-order chi connectivity index (χ0) is 11.7. The number of hydrogen-bond acceptors (Lipinski definition) is 4. The van der Waals surface area contributed by atoms with E-state index in [4.69, 9.17) is 0 Å². The Kier molecular flexibility index (Phi) is 2.76.